The van der Waals surface area contributed by atoms with E-state index in [1.807, 2.05) is 6.07 Å². The normalized spacial score (nSPS) is 15.8. The molecule has 0 radical (unpaired) electrons. The molecular formula is C20H23N5O6S. The molecule has 0 spiro atoms. The van der Waals surface area contributed by atoms with E-state index in [1.165, 1.54) is 11.8 Å². The van der Waals surface area contributed by atoms with Crippen molar-refractivity contribution in [2.45, 2.75) is 41.9 Å². The molecule has 0 saturated carbocycles. The number of nitrogens with two attached hydrogens (primary N) is 1. The monoisotopic (exact) mass is 461 g/mol. The number of carbonyl (C=O) groups is 3. The fraction of sp³-hybridized carbons (Fsp3) is 0.350. The number of H-pyrrole nitrogens is 1. The summed E-state index contributed by atoms with van der Waals surface area (Å²) >= 11 is 1.42. The molecule has 32 heavy (non-hydrogen) atoms. The maximum Gasteiger partial charge on any atom is 0.326 e. The molecule has 0 saturated heterocycles. The number of amides is 1. The molecule has 2 atom stereocenters. The molecule has 1 amide bonds. The first-order chi connectivity index (χ1) is 15.2. The minimum atomic E-state index is -1.29. The van der Waals surface area contributed by atoms with Crippen LogP contribution in [-0.2, 0) is 16.0 Å². The van der Waals surface area contributed by atoms with Gasteiger partial charge >= 0.3 is 11.9 Å². The molecule has 7 N–H and O–H groups in total. The van der Waals surface area contributed by atoms with E-state index >= 15 is 0 Å². The van der Waals surface area contributed by atoms with E-state index in [2.05, 4.69) is 20.6 Å². The molecule has 12 heteroatoms. The zero-order chi connectivity index (χ0) is 23.3. The number of aliphatic carboxylic acids is 2. The topological polar surface area (TPSA) is 187 Å². The molecule has 1 aliphatic heterocycles. The Labute approximate surface area is 186 Å². The Bertz CT molecular complexity index is 1090. The number of aromatic amines is 1. The third kappa shape index (κ3) is 6.00. The average molecular weight is 462 g/mol. The molecule has 1 aromatic carbocycles. The van der Waals surface area contributed by atoms with E-state index in [9.17, 15) is 24.3 Å². The number of hydrogen-bond acceptors (Lipinski definition) is 8. The number of carboxylic acid groups (broad SMARTS) is 2. The van der Waals surface area contributed by atoms with Crippen molar-refractivity contribution in [3.05, 3.63) is 45.7 Å². The Morgan fingerprint density at radius 2 is 2.09 bits per heavy atom. The van der Waals surface area contributed by atoms with Crippen molar-refractivity contribution in [3.63, 3.8) is 0 Å². The van der Waals surface area contributed by atoms with Crippen LogP contribution in [0.5, 0.6) is 0 Å². The number of aryl methyl sites for hydroxylation is 1. The Hall–Kier alpha value is -3.54. The van der Waals surface area contributed by atoms with Crippen molar-refractivity contribution in [1.29, 1.82) is 0 Å². The molecule has 0 aliphatic carbocycles. The molecule has 0 bridgehead atoms. The molecule has 0 fully saturated rings. The summed E-state index contributed by atoms with van der Waals surface area (Å²) in [5.74, 6) is -2.47. The van der Waals surface area contributed by atoms with Gasteiger partial charge in [0.1, 0.15) is 16.8 Å². The van der Waals surface area contributed by atoms with E-state index in [-0.39, 0.29) is 29.6 Å². The molecule has 11 nitrogen and oxygen atoms in total. The Balaban J connectivity index is 1.60. The first kappa shape index (κ1) is 23.1. The predicted octanol–water partition coefficient (Wildman–Crippen LogP) is 0.919. The lowest BCUT2D eigenvalue weighted by atomic mass is 10.0. The third-order valence-electron chi connectivity index (χ3n) is 4.87. The zero-order valence-electron chi connectivity index (χ0n) is 17.0. The largest absolute Gasteiger partial charge is 0.481 e. The number of nitrogen functional groups attached to an aromatic ring is 1. The van der Waals surface area contributed by atoms with E-state index in [4.69, 9.17) is 10.8 Å². The molecule has 3 rings (SSSR count). The van der Waals surface area contributed by atoms with Crippen LogP contribution in [0.1, 0.15) is 35.2 Å². The number of carboxylic acids is 2. The predicted molar refractivity (Wildman–Crippen MR) is 118 cm³/mol. The fourth-order valence-electron chi connectivity index (χ4n) is 3.25. The minimum Gasteiger partial charge on any atom is -0.481 e. The maximum atomic E-state index is 12.5. The summed E-state index contributed by atoms with van der Waals surface area (Å²) in [5.41, 5.74) is 6.44. The molecule has 2 heterocycles. The number of nitrogens with one attached hydrogen (secondary N) is 3. The van der Waals surface area contributed by atoms with Crippen molar-refractivity contribution in [2.75, 3.05) is 17.6 Å². The highest BCUT2D eigenvalue weighted by atomic mass is 32.2. The van der Waals surface area contributed by atoms with Gasteiger partial charge in [-0.3, -0.25) is 19.4 Å². The second-order valence-corrected chi connectivity index (χ2v) is 8.60. The summed E-state index contributed by atoms with van der Waals surface area (Å²) in [6.45, 7) is 0.609. The van der Waals surface area contributed by atoms with E-state index in [0.29, 0.717) is 29.2 Å². The lowest BCUT2D eigenvalue weighted by molar-refractivity contribution is -0.140. The van der Waals surface area contributed by atoms with Crippen LogP contribution in [0.4, 0.5) is 11.8 Å². The fourth-order valence-corrected chi connectivity index (χ4v) is 4.37. The van der Waals surface area contributed by atoms with Gasteiger partial charge in [0.2, 0.25) is 5.95 Å². The first-order valence-electron chi connectivity index (χ1n) is 9.87. The van der Waals surface area contributed by atoms with Gasteiger partial charge in [0.05, 0.1) is 0 Å². The number of fused-ring (bicyclic) bond motifs is 1. The second-order valence-electron chi connectivity index (χ2n) is 7.29. The summed E-state index contributed by atoms with van der Waals surface area (Å²) in [4.78, 5) is 53.6. The summed E-state index contributed by atoms with van der Waals surface area (Å²) in [5, 5.41) is 23.6. The summed E-state index contributed by atoms with van der Waals surface area (Å²) < 4.78 is 0. The van der Waals surface area contributed by atoms with Crippen LogP contribution < -0.4 is 21.9 Å². The summed E-state index contributed by atoms with van der Waals surface area (Å²) in [6, 6.07) is 5.52. The standard InChI is InChI=1S/C20H23N5O6S/c21-20-24-16-15(18(29)25-20)32-12(9-22-16)5-4-10-2-1-3-11(8-10)17(28)23-13(19(30)31)6-7-14(26)27/h1-3,8,12-13H,4-7,9H2,(H,23,28)(H,26,27)(H,30,31)(H4,21,22,24,25,29)/t12-,13-/m0/s1. The number of rotatable bonds is 9. The van der Waals surface area contributed by atoms with Crippen LogP contribution in [0.15, 0.2) is 34.0 Å². The Morgan fingerprint density at radius 1 is 1.31 bits per heavy atom. The lowest BCUT2D eigenvalue weighted by Gasteiger charge is -2.24. The Morgan fingerprint density at radius 3 is 2.81 bits per heavy atom. The number of hydrogen-bond donors (Lipinski definition) is 6. The van der Waals surface area contributed by atoms with Gasteiger partial charge in [0, 0.05) is 23.8 Å². The third-order valence-corrected chi connectivity index (χ3v) is 6.22. The molecule has 170 valence electrons. The van der Waals surface area contributed by atoms with Crippen LogP contribution >= 0.6 is 11.8 Å². The van der Waals surface area contributed by atoms with Crippen molar-refractivity contribution in [2.24, 2.45) is 0 Å². The molecule has 2 aromatic rings. The maximum absolute atomic E-state index is 12.5. The van der Waals surface area contributed by atoms with E-state index in [0.717, 1.165) is 12.0 Å². The zero-order valence-corrected chi connectivity index (χ0v) is 17.8. The van der Waals surface area contributed by atoms with Gasteiger partial charge < -0.3 is 26.6 Å². The van der Waals surface area contributed by atoms with Crippen molar-refractivity contribution in [1.82, 2.24) is 15.3 Å². The number of anilines is 2. The quantitative estimate of drug-likeness (QED) is 0.313. The highest BCUT2D eigenvalue weighted by molar-refractivity contribution is 8.00. The van der Waals surface area contributed by atoms with Gasteiger partial charge in [-0.25, -0.2) is 4.79 Å². The SMILES string of the molecule is Nc1nc2c(c(=O)[nH]1)S[C@@H](CCc1cccc(C(=O)N[C@@H](CCC(=O)O)C(=O)O)c1)CN2. The number of nitrogens with zero attached hydrogens (tertiary/aromatic N) is 1. The number of aromatic nitrogens is 2. The highest BCUT2D eigenvalue weighted by Gasteiger charge is 2.24. The Kier molecular flexibility index (Phi) is 7.36. The van der Waals surface area contributed by atoms with E-state index in [1.54, 1.807) is 18.2 Å². The van der Waals surface area contributed by atoms with Gasteiger partial charge in [-0.15, -0.1) is 11.8 Å². The molecule has 0 unspecified atom stereocenters. The second kappa shape index (κ2) is 10.2. The van der Waals surface area contributed by atoms with Gasteiger partial charge in [0.25, 0.3) is 11.5 Å². The summed E-state index contributed by atoms with van der Waals surface area (Å²) in [7, 11) is 0. The molecule has 1 aliphatic rings. The number of thioether (sulfide) groups is 1. The minimum absolute atomic E-state index is 0.0588. The van der Waals surface area contributed by atoms with Gasteiger partial charge in [-0.05, 0) is 37.0 Å². The summed E-state index contributed by atoms with van der Waals surface area (Å²) in [6.07, 6.45) is 0.793. The van der Waals surface area contributed by atoms with Crippen molar-refractivity contribution < 1.29 is 24.6 Å². The lowest BCUT2D eigenvalue weighted by Crippen LogP contribution is -2.41. The van der Waals surface area contributed by atoms with E-state index < -0.39 is 23.9 Å². The molecule has 1 aromatic heterocycles. The smallest absolute Gasteiger partial charge is 0.326 e. The number of carbonyl (C=O) groups excluding carboxylic acids is 1. The molecular weight excluding hydrogens is 438 g/mol. The van der Waals surface area contributed by atoms with Crippen LogP contribution in [-0.4, -0.2) is 55.9 Å². The van der Waals surface area contributed by atoms with Gasteiger partial charge in [0.15, 0.2) is 0 Å². The van der Waals surface area contributed by atoms with Crippen LogP contribution in [0, 0.1) is 0 Å². The first-order valence-corrected chi connectivity index (χ1v) is 10.8. The van der Waals surface area contributed by atoms with Crippen molar-refractivity contribution in [3.8, 4) is 0 Å². The van der Waals surface area contributed by atoms with Gasteiger partial charge in [-0.2, -0.15) is 4.98 Å². The van der Waals surface area contributed by atoms with Crippen LogP contribution in [0.25, 0.3) is 0 Å². The highest BCUT2D eigenvalue weighted by Crippen LogP contribution is 2.33. The number of benzene rings is 1. The van der Waals surface area contributed by atoms with Crippen LogP contribution in [0.3, 0.4) is 0 Å². The van der Waals surface area contributed by atoms with Gasteiger partial charge in [-0.1, -0.05) is 12.1 Å². The average Bonchev–Trinajstić information content (AvgIpc) is 2.75. The van der Waals surface area contributed by atoms with Crippen LogP contribution in [0.2, 0.25) is 0 Å². The van der Waals surface area contributed by atoms with Crippen molar-refractivity contribution >= 4 is 41.4 Å².